The molecule has 3 heterocycles. The number of rotatable bonds is 4. The Morgan fingerprint density at radius 1 is 1.50 bits per heavy atom. The largest absolute Gasteiger partial charge is 0.466 e. The van der Waals surface area contributed by atoms with E-state index in [-0.39, 0.29) is 17.8 Å². The highest BCUT2D eigenvalue weighted by atomic mass is 32.1. The van der Waals surface area contributed by atoms with Gasteiger partial charge in [0.05, 0.1) is 17.4 Å². The van der Waals surface area contributed by atoms with Crippen LogP contribution in [0.15, 0.2) is 21.9 Å². The van der Waals surface area contributed by atoms with Crippen molar-refractivity contribution in [2.75, 3.05) is 19.7 Å². The van der Waals surface area contributed by atoms with Crippen LogP contribution in [0.2, 0.25) is 0 Å². The van der Waals surface area contributed by atoms with Crippen molar-refractivity contribution in [1.82, 2.24) is 9.88 Å². The minimum absolute atomic E-state index is 0.187. The first kappa shape index (κ1) is 16.7. The maximum Gasteiger partial charge on any atom is 0.310 e. The van der Waals surface area contributed by atoms with Gasteiger partial charge in [-0.3, -0.25) is 9.59 Å². The van der Waals surface area contributed by atoms with Gasteiger partial charge in [0.25, 0.3) is 5.91 Å². The minimum atomic E-state index is -0.258. The van der Waals surface area contributed by atoms with Crippen molar-refractivity contribution in [3.05, 3.63) is 29.0 Å². The number of hydrogen-bond acceptors (Lipinski definition) is 6. The molecule has 1 aliphatic rings. The van der Waals surface area contributed by atoms with Crippen LogP contribution < -0.4 is 0 Å². The van der Waals surface area contributed by atoms with E-state index < -0.39 is 0 Å². The maximum atomic E-state index is 12.8. The lowest BCUT2D eigenvalue weighted by molar-refractivity contribution is -0.149. The van der Waals surface area contributed by atoms with Gasteiger partial charge in [-0.25, -0.2) is 4.98 Å². The second kappa shape index (κ2) is 7.17. The standard InChI is InChI=1S/C17H20N2O4S/c1-3-22-17(21)12-6-4-8-19(10-12)16(20)14-11(2)23-15(18-14)13-7-5-9-24-13/h5,7,9,12H,3-4,6,8,10H2,1-2H3/t12-/m1/s1. The molecule has 0 spiro atoms. The third kappa shape index (κ3) is 3.36. The number of amides is 1. The molecule has 1 aliphatic heterocycles. The smallest absolute Gasteiger partial charge is 0.310 e. The van der Waals surface area contributed by atoms with Gasteiger partial charge in [0.2, 0.25) is 5.89 Å². The Hall–Kier alpha value is -2.15. The summed E-state index contributed by atoms with van der Waals surface area (Å²) in [6.07, 6.45) is 1.53. The van der Waals surface area contributed by atoms with Crippen LogP contribution in [0.4, 0.5) is 0 Å². The number of carbonyl (C=O) groups is 2. The molecule has 2 aromatic heterocycles. The van der Waals surface area contributed by atoms with E-state index in [1.165, 1.54) is 11.3 Å². The number of likely N-dealkylation sites (tertiary alicyclic amines) is 1. The lowest BCUT2D eigenvalue weighted by Gasteiger charge is -2.31. The predicted molar refractivity (Wildman–Crippen MR) is 89.8 cm³/mol. The van der Waals surface area contributed by atoms with Crippen LogP contribution in [0, 0.1) is 12.8 Å². The summed E-state index contributed by atoms with van der Waals surface area (Å²) >= 11 is 1.51. The van der Waals surface area contributed by atoms with E-state index in [0.29, 0.717) is 37.0 Å². The molecular formula is C17H20N2O4S. The molecule has 1 saturated heterocycles. The van der Waals surface area contributed by atoms with E-state index in [1.54, 1.807) is 18.7 Å². The number of aromatic nitrogens is 1. The van der Waals surface area contributed by atoms with E-state index in [0.717, 1.165) is 17.7 Å². The van der Waals surface area contributed by atoms with Gasteiger partial charge in [-0.15, -0.1) is 11.3 Å². The number of esters is 1. The number of nitrogens with zero attached hydrogens (tertiary/aromatic N) is 2. The molecule has 128 valence electrons. The van der Waals surface area contributed by atoms with Crippen molar-refractivity contribution < 1.29 is 18.7 Å². The van der Waals surface area contributed by atoms with Crippen molar-refractivity contribution >= 4 is 23.2 Å². The Kier molecular flexibility index (Phi) is 4.99. The fraction of sp³-hybridized carbons (Fsp3) is 0.471. The molecule has 0 radical (unpaired) electrons. The quantitative estimate of drug-likeness (QED) is 0.794. The zero-order chi connectivity index (χ0) is 17.1. The van der Waals surface area contributed by atoms with E-state index in [4.69, 9.17) is 9.15 Å². The number of thiophene rings is 1. The monoisotopic (exact) mass is 348 g/mol. The summed E-state index contributed by atoms with van der Waals surface area (Å²) in [5.41, 5.74) is 0.322. The summed E-state index contributed by atoms with van der Waals surface area (Å²) in [7, 11) is 0. The summed E-state index contributed by atoms with van der Waals surface area (Å²) in [5, 5.41) is 1.94. The fourth-order valence-corrected chi connectivity index (χ4v) is 3.51. The number of aryl methyl sites for hydroxylation is 1. The highest BCUT2D eigenvalue weighted by Crippen LogP contribution is 2.27. The van der Waals surface area contributed by atoms with Crippen molar-refractivity contribution in [2.24, 2.45) is 5.92 Å². The lowest BCUT2D eigenvalue weighted by atomic mass is 9.98. The summed E-state index contributed by atoms with van der Waals surface area (Å²) in [6.45, 7) is 4.88. The average molecular weight is 348 g/mol. The number of oxazole rings is 1. The summed E-state index contributed by atoms with van der Waals surface area (Å²) in [6, 6.07) is 3.82. The van der Waals surface area contributed by atoms with Crippen LogP contribution in [0.25, 0.3) is 10.8 Å². The molecule has 6 nitrogen and oxygen atoms in total. The van der Waals surface area contributed by atoms with E-state index in [2.05, 4.69) is 4.98 Å². The zero-order valence-corrected chi connectivity index (χ0v) is 14.6. The molecular weight excluding hydrogens is 328 g/mol. The highest BCUT2D eigenvalue weighted by Gasteiger charge is 2.32. The molecule has 0 unspecified atom stereocenters. The van der Waals surface area contributed by atoms with Crippen molar-refractivity contribution in [3.63, 3.8) is 0 Å². The van der Waals surface area contributed by atoms with Gasteiger partial charge in [-0.05, 0) is 38.1 Å². The van der Waals surface area contributed by atoms with E-state index >= 15 is 0 Å². The molecule has 0 bridgehead atoms. The predicted octanol–water partition coefficient (Wildman–Crippen LogP) is 3.13. The Bertz CT molecular complexity index is 723. The number of piperidine rings is 1. The molecule has 3 rings (SSSR count). The van der Waals surface area contributed by atoms with Gasteiger partial charge in [0.15, 0.2) is 5.69 Å². The van der Waals surface area contributed by atoms with Gasteiger partial charge in [-0.1, -0.05) is 6.07 Å². The van der Waals surface area contributed by atoms with Gasteiger partial charge < -0.3 is 14.1 Å². The van der Waals surface area contributed by atoms with Crippen molar-refractivity contribution in [2.45, 2.75) is 26.7 Å². The molecule has 0 saturated carbocycles. The SMILES string of the molecule is CCOC(=O)[C@@H]1CCCN(C(=O)c2nc(-c3cccs3)oc2C)C1. The van der Waals surface area contributed by atoms with Crippen LogP contribution in [-0.2, 0) is 9.53 Å². The third-order valence-corrected chi connectivity index (χ3v) is 4.92. The van der Waals surface area contributed by atoms with Crippen LogP contribution in [0.3, 0.4) is 0 Å². The first-order valence-electron chi connectivity index (χ1n) is 8.07. The summed E-state index contributed by atoms with van der Waals surface area (Å²) < 4.78 is 10.7. The number of ether oxygens (including phenoxy) is 1. The Morgan fingerprint density at radius 3 is 3.04 bits per heavy atom. The normalized spacial score (nSPS) is 17.8. The molecule has 7 heteroatoms. The van der Waals surface area contributed by atoms with E-state index in [9.17, 15) is 9.59 Å². The fourth-order valence-electron chi connectivity index (χ4n) is 2.86. The van der Waals surface area contributed by atoms with Crippen molar-refractivity contribution in [1.29, 1.82) is 0 Å². The molecule has 2 aromatic rings. The highest BCUT2D eigenvalue weighted by molar-refractivity contribution is 7.13. The Morgan fingerprint density at radius 2 is 2.33 bits per heavy atom. The topological polar surface area (TPSA) is 72.6 Å². The summed E-state index contributed by atoms with van der Waals surface area (Å²) in [4.78, 5) is 31.7. The molecule has 1 fully saturated rings. The number of hydrogen-bond donors (Lipinski definition) is 0. The van der Waals surface area contributed by atoms with Gasteiger partial charge in [-0.2, -0.15) is 0 Å². The Balaban J connectivity index is 1.75. The maximum absolute atomic E-state index is 12.8. The third-order valence-electron chi connectivity index (χ3n) is 4.06. The second-order valence-electron chi connectivity index (χ2n) is 5.74. The van der Waals surface area contributed by atoms with E-state index in [1.807, 2.05) is 17.5 Å². The van der Waals surface area contributed by atoms with Gasteiger partial charge >= 0.3 is 5.97 Å². The first-order valence-corrected chi connectivity index (χ1v) is 8.95. The van der Waals surface area contributed by atoms with Crippen LogP contribution >= 0.6 is 11.3 Å². The summed E-state index contributed by atoms with van der Waals surface area (Å²) in [5.74, 6) is 0.289. The molecule has 1 atom stereocenters. The lowest BCUT2D eigenvalue weighted by Crippen LogP contribution is -2.43. The average Bonchev–Trinajstić information content (AvgIpc) is 3.24. The van der Waals surface area contributed by atoms with Gasteiger partial charge in [0.1, 0.15) is 5.76 Å². The van der Waals surface area contributed by atoms with Crippen LogP contribution in [0.1, 0.15) is 36.0 Å². The molecule has 24 heavy (non-hydrogen) atoms. The second-order valence-corrected chi connectivity index (χ2v) is 6.69. The first-order chi connectivity index (χ1) is 11.6. The van der Waals surface area contributed by atoms with Gasteiger partial charge in [0, 0.05) is 13.1 Å². The van der Waals surface area contributed by atoms with Crippen LogP contribution in [0.5, 0.6) is 0 Å². The minimum Gasteiger partial charge on any atom is -0.466 e. The van der Waals surface area contributed by atoms with Crippen molar-refractivity contribution in [3.8, 4) is 10.8 Å². The molecule has 0 aromatic carbocycles. The molecule has 0 aliphatic carbocycles. The molecule has 0 N–H and O–H groups in total. The molecule has 1 amide bonds. The Labute approximate surface area is 144 Å². The number of carbonyl (C=O) groups excluding carboxylic acids is 2. The zero-order valence-electron chi connectivity index (χ0n) is 13.8. The van der Waals surface area contributed by atoms with Crippen LogP contribution in [-0.4, -0.2) is 41.5 Å².